The number of hydrogen-bond donors (Lipinski definition) is 2. The lowest BCUT2D eigenvalue weighted by Crippen LogP contribution is -2.39. The third-order valence-electron chi connectivity index (χ3n) is 1.39. The van der Waals surface area contributed by atoms with Gasteiger partial charge in [0, 0.05) is 0 Å². The van der Waals surface area contributed by atoms with E-state index in [0.717, 1.165) is 0 Å². The van der Waals surface area contributed by atoms with Gasteiger partial charge in [0.25, 0.3) is 0 Å². The normalized spacial score (nSPS) is 13.2. The molecule has 1 atom stereocenters. The molecule has 0 fully saturated rings. The van der Waals surface area contributed by atoms with Crippen LogP contribution in [-0.2, 0) is 24.2 Å². The van der Waals surface area contributed by atoms with Gasteiger partial charge in [0.1, 0.15) is 11.8 Å². The Bertz CT molecular complexity index is 335. The maximum absolute atomic E-state index is 11.2. The van der Waals surface area contributed by atoms with Crippen molar-refractivity contribution >= 4 is 21.8 Å². The lowest BCUT2D eigenvalue weighted by Gasteiger charge is -2.07. The van der Waals surface area contributed by atoms with Crippen LogP contribution in [0.1, 0.15) is 6.92 Å². The maximum Gasteiger partial charge on any atom is 0.321 e. The third kappa shape index (κ3) is 6.02. The summed E-state index contributed by atoms with van der Waals surface area (Å²) in [4.78, 5) is 21.1. The fourth-order valence-corrected chi connectivity index (χ4v) is 2.04. The van der Waals surface area contributed by atoms with Crippen molar-refractivity contribution in [3.63, 3.8) is 0 Å². The van der Waals surface area contributed by atoms with Gasteiger partial charge < -0.3 is 15.6 Å². The van der Waals surface area contributed by atoms with Crippen molar-refractivity contribution in [1.29, 1.82) is 0 Å². The number of carbonyl (C=O) groups is 2. The summed E-state index contributed by atoms with van der Waals surface area (Å²) >= 11 is 0. The van der Waals surface area contributed by atoms with Crippen molar-refractivity contribution in [2.75, 3.05) is 18.1 Å². The number of ether oxygens (including phenoxy) is 1. The Kier molecular flexibility index (Phi) is 5.23. The number of esters is 1. The number of carbonyl (C=O) groups excluding carboxylic acids is 1. The molecule has 0 amide bonds. The van der Waals surface area contributed by atoms with E-state index in [1.165, 1.54) is 6.92 Å². The molecule has 0 spiro atoms. The van der Waals surface area contributed by atoms with Gasteiger partial charge in [0.2, 0.25) is 0 Å². The Hall–Kier alpha value is -1.15. The summed E-state index contributed by atoms with van der Waals surface area (Å²) in [5, 5.41) is 8.38. The van der Waals surface area contributed by atoms with Crippen LogP contribution in [0.2, 0.25) is 0 Å². The molecule has 0 saturated carbocycles. The molecule has 0 aliphatic rings. The molecule has 0 radical (unpaired) electrons. The van der Waals surface area contributed by atoms with Crippen LogP contribution in [0.3, 0.4) is 0 Å². The highest BCUT2D eigenvalue weighted by molar-refractivity contribution is 7.92. The molecule has 0 rings (SSSR count). The van der Waals surface area contributed by atoms with Gasteiger partial charge in [-0.2, -0.15) is 0 Å². The monoisotopic (exact) mass is 239 g/mol. The summed E-state index contributed by atoms with van der Waals surface area (Å²) < 4.78 is 26.8. The fraction of sp³-hybridized carbons (Fsp3) is 0.714. The Labute approximate surface area is 87.1 Å². The van der Waals surface area contributed by atoms with Crippen molar-refractivity contribution < 1.29 is 27.9 Å². The van der Waals surface area contributed by atoms with Gasteiger partial charge in [-0.3, -0.25) is 9.59 Å². The summed E-state index contributed by atoms with van der Waals surface area (Å²) in [6.07, 6.45) is 0. The SMILES string of the molecule is CCOC(=O)CS(=O)(=O)CC(N)C(=O)O. The highest BCUT2D eigenvalue weighted by Gasteiger charge is 2.24. The summed E-state index contributed by atoms with van der Waals surface area (Å²) in [7, 11) is -3.83. The zero-order chi connectivity index (χ0) is 12.1. The van der Waals surface area contributed by atoms with Crippen LogP contribution in [0.15, 0.2) is 0 Å². The van der Waals surface area contributed by atoms with Gasteiger partial charge in [0.05, 0.1) is 12.4 Å². The number of aliphatic carboxylic acids is 1. The van der Waals surface area contributed by atoms with Crippen LogP contribution in [0, 0.1) is 0 Å². The van der Waals surface area contributed by atoms with E-state index in [1.54, 1.807) is 0 Å². The number of carboxylic acid groups (broad SMARTS) is 1. The zero-order valence-corrected chi connectivity index (χ0v) is 8.99. The van der Waals surface area contributed by atoms with Crippen LogP contribution in [0.5, 0.6) is 0 Å². The molecule has 0 heterocycles. The van der Waals surface area contributed by atoms with Gasteiger partial charge >= 0.3 is 11.9 Å². The Morgan fingerprint density at radius 2 is 2.00 bits per heavy atom. The molecule has 0 aromatic heterocycles. The second kappa shape index (κ2) is 5.66. The Morgan fingerprint density at radius 1 is 1.47 bits per heavy atom. The third-order valence-corrected chi connectivity index (χ3v) is 2.94. The minimum absolute atomic E-state index is 0.0688. The summed E-state index contributed by atoms with van der Waals surface area (Å²) in [5.41, 5.74) is 5.02. The van der Waals surface area contributed by atoms with Crippen molar-refractivity contribution in [3.8, 4) is 0 Å². The van der Waals surface area contributed by atoms with E-state index in [4.69, 9.17) is 10.8 Å². The molecule has 0 aliphatic heterocycles. The first-order chi connectivity index (χ1) is 6.78. The summed E-state index contributed by atoms with van der Waals surface area (Å²) in [5.74, 6) is -3.96. The number of nitrogens with two attached hydrogens (primary N) is 1. The maximum atomic E-state index is 11.2. The molecule has 0 aromatic carbocycles. The number of sulfone groups is 1. The quantitative estimate of drug-likeness (QED) is 0.533. The first-order valence-corrected chi connectivity index (χ1v) is 5.95. The molecular formula is C7H13NO6S. The first-order valence-electron chi connectivity index (χ1n) is 4.13. The van der Waals surface area contributed by atoms with E-state index in [-0.39, 0.29) is 6.61 Å². The Morgan fingerprint density at radius 3 is 2.40 bits per heavy atom. The lowest BCUT2D eigenvalue weighted by atomic mass is 10.4. The van der Waals surface area contributed by atoms with Gasteiger partial charge in [-0.1, -0.05) is 0 Å². The van der Waals surface area contributed by atoms with Gasteiger partial charge in [-0.05, 0) is 6.92 Å². The van der Waals surface area contributed by atoms with E-state index in [1.807, 2.05) is 0 Å². The average molecular weight is 239 g/mol. The largest absolute Gasteiger partial charge is 0.480 e. The molecule has 88 valence electrons. The van der Waals surface area contributed by atoms with Crippen molar-refractivity contribution in [2.45, 2.75) is 13.0 Å². The topological polar surface area (TPSA) is 124 Å². The van der Waals surface area contributed by atoms with Gasteiger partial charge in [0.15, 0.2) is 9.84 Å². The van der Waals surface area contributed by atoms with Crippen LogP contribution < -0.4 is 5.73 Å². The highest BCUT2D eigenvalue weighted by Crippen LogP contribution is 1.95. The summed E-state index contributed by atoms with van der Waals surface area (Å²) in [6.45, 7) is 1.60. The minimum atomic E-state index is -3.83. The van der Waals surface area contributed by atoms with E-state index in [9.17, 15) is 18.0 Å². The summed E-state index contributed by atoms with van der Waals surface area (Å²) in [6, 6.07) is -1.52. The minimum Gasteiger partial charge on any atom is -0.480 e. The van der Waals surface area contributed by atoms with Gasteiger partial charge in [-0.15, -0.1) is 0 Å². The zero-order valence-electron chi connectivity index (χ0n) is 8.17. The number of carboxylic acids is 1. The highest BCUT2D eigenvalue weighted by atomic mass is 32.2. The molecule has 0 aliphatic carbocycles. The Balaban J connectivity index is 4.32. The predicted octanol–water partition coefficient (Wildman–Crippen LogP) is -1.62. The lowest BCUT2D eigenvalue weighted by molar-refractivity contribution is -0.140. The van der Waals surface area contributed by atoms with Crippen molar-refractivity contribution in [2.24, 2.45) is 5.73 Å². The van der Waals surface area contributed by atoms with Crippen LogP contribution >= 0.6 is 0 Å². The molecular weight excluding hydrogens is 226 g/mol. The number of rotatable bonds is 6. The molecule has 8 heteroatoms. The molecule has 1 unspecified atom stereocenters. The van der Waals surface area contributed by atoms with E-state index in [2.05, 4.69) is 4.74 Å². The van der Waals surface area contributed by atoms with E-state index in [0.29, 0.717) is 0 Å². The second-order valence-electron chi connectivity index (χ2n) is 2.80. The van der Waals surface area contributed by atoms with Crippen LogP contribution in [0.25, 0.3) is 0 Å². The fourth-order valence-electron chi connectivity index (χ4n) is 0.786. The molecule has 3 N–H and O–H groups in total. The second-order valence-corrected chi connectivity index (χ2v) is 4.91. The standard InChI is InChI=1S/C7H13NO6S/c1-2-14-6(9)4-15(12,13)3-5(8)7(10)11/h5H,2-4,8H2,1H3,(H,10,11). The van der Waals surface area contributed by atoms with E-state index >= 15 is 0 Å². The molecule has 15 heavy (non-hydrogen) atoms. The molecule has 0 bridgehead atoms. The smallest absolute Gasteiger partial charge is 0.321 e. The van der Waals surface area contributed by atoms with Crippen molar-refractivity contribution in [1.82, 2.24) is 0 Å². The van der Waals surface area contributed by atoms with Crippen LogP contribution in [-0.4, -0.2) is 49.6 Å². The van der Waals surface area contributed by atoms with Crippen LogP contribution in [0.4, 0.5) is 0 Å². The molecule has 7 nitrogen and oxygen atoms in total. The molecule has 0 saturated heterocycles. The predicted molar refractivity (Wildman–Crippen MR) is 50.9 cm³/mol. The van der Waals surface area contributed by atoms with Gasteiger partial charge in [-0.25, -0.2) is 8.42 Å². The van der Waals surface area contributed by atoms with Crippen molar-refractivity contribution in [3.05, 3.63) is 0 Å². The number of hydrogen-bond acceptors (Lipinski definition) is 6. The molecule has 0 aromatic rings. The van der Waals surface area contributed by atoms with E-state index < -0.39 is 39.3 Å². The first kappa shape index (κ1) is 13.8. The average Bonchev–Trinajstić information content (AvgIpc) is 2.01.